The van der Waals surface area contributed by atoms with Crippen molar-refractivity contribution in [1.29, 1.82) is 0 Å². The zero-order valence-electron chi connectivity index (χ0n) is 11.0. The number of likely N-dealkylation sites (tertiary alicyclic amines) is 1. The molecule has 2 atom stereocenters. The van der Waals surface area contributed by atoms with E-state index in [4.69, 9.17) is 0 Å². The standard InChI is InChI=1S/C14H28N2/c1-3-15-10-13-8-9-16(11-13)12(2)14-6-4-5-7-14/h12-15H,3-11H2,1-2H3. The Labute approximate surface area is 101 Å². The van der Waals surface area contributed by atoms with Crippen molar-refractivity contribution in [3.05, 3.63) is 0 Å². The van der Waals surface area contributed by atoms with E-state index in [-0.39, 0.29) is 0 Å². The van der Waals surface area contributed by atoms with Gasteiger partial charge in [-0.15, -0.1) is 0 Å². The first kappa shape index (κ1) is 12.4. The highest BCUT2D eigenvalue weighted by Crippen LogP contribution is 2.32. The average molecular weight is 224 g/mol. The van der Waals surface area contributed by atoms with E-state index < -0.39 is 0 Å². The van der Waals surface area contributed by atoms with Crippen LogP contribution in [0.4, 0.5) is 0 Å². The summed E-state index contributed by atoms with van der Waals surface area (Å²) in [6.45, 7) is 9.69. The lowest BCUT2D eigenvalue weighted by Crippen LogP contribution is -2.36. The van der Waals surface area contributed by atoms with Crippen molar-refractivity contribution in [1.82, 2.24) is 10.2 Å². The summed E-state index contributed by atoms with van der Waals surface area (Å²) < 4.78 is 0. The quantitative estimate of drug-likeness (QED) is 0.772. The predicted octanol–water partition coefficient (Wildman–Crippen LogP) is 2.50. The summed E-state index contributed by atoms with van der Waals surface area (Å²) in [4.78, 5) is 2.75. The summed E-state index contributed by atoms with van der Waals surface area (Å²) in [6, 6.07) is 0.842. The van der Waals surface area contributed by atoms with Crippen LogP contribution < -0.4 is 5.32 Å². The highest BCUT2D eigenvalue weighted by molar-refractivity contribution is 4.85. The Morgan fingerprint density at radius 2 is 2.00 bits per heavy atom. The molecule has 2 unspecified atom stereocenters. The molecular formula is C14H28N2. The summed E-state index contributed by atoms with van der Waals surface area (Å²) in [7, 11) is 0. The molecule has 0 aromatic carbocycles. The third-order valence-corrected chi connectivity index (χ3v) is 4.66. The molecule has 16 heavy (non-hydrogen) atoms. The Balaban J connectivity index is 1.74. The molecule has 1 aliphatic heterocycles. The van der Waals surface area contributed by atoms with Crippen LogP contribution in [0.15, 0.2) is 0 Å². The zero-order chi connectivity index (χ0) is 11.4. The van der Waals surface area contributed by atoms with E-state index in [0.717, 1.165) is 24.4 Å². The molecule has 2 heteroatoms. The third-order valence-electron chi connectivity index (χ3n) is 4.66. The number of hydrogen-bond acceptors (Lipinski definition) is 2. The fourth-order valence-corrected chi connectivity index (χ4v) is 3.49. The van der Waals surface area contributed by atoms with E-state index in [1.54, 1.807) is 0 Å². The van der Waals surface area contributed by atoms with E-state index in [0.29, 0.717) is 0 Å². The molecule has 2 nitrogen and oxygen atoms in total. The second-order valence-electron chi connectivity index (χ2n) is 5.74. The van der Waals surface area contributed by atoms with Crippen LogP contribution in [0.25, 0.3) is 0 Å². The van der Waals surface area contributed by atoms with Crippen LogP contribution in [-0.4, -0.2) is 37.1 Å². The van der Waals surface area contributed by atoms with Crippen molar-refractivity contribution in [2.45, 2.75) is 52.0 Å². The number of nitrogens with one attached hydrogen (secondary N) is 1. The fraction of sp³-hybridized carbons (Fsp3) is 1.00. The molecule has 0 aromatic rings. The lowest BCUT2D eigenvalue weighted by Gasteiger charge is -2.29. The molecule has 1 saturated carbocycles. The molecule has 2 rings (SSSR count). The highest BCUT2D eigenvalue weighted by Gasteiger charge is 2.31. The molecule has 0 aromatic heterocycles. The topological polar surface area (TPSA) is 15.3 Å². The fourth-order valence-electron chi connectivity index (χ4n) is 3.49. The van der Waals surface area contributed by atoms with Crippen molar-refractivity contribution in [3.8, 4) is 0 Å². The second kappa shape index (κ2) is 6.02. The molecule has 1 heterocycles. The average Bonchev–Trinajstić information content (AvgIpc) is 2.96. The molecule has 0 spiro atoms. The summed E-state index contributed by atoms with van der Waals surface area (Å²) in [5.41, 5.74) is 0. The maximum Gasteiger partial charge on any atom is 0.00953 e. The monoisotopic (exact) mass is 224 g/mol. The van der Waals surface area contributed by atoms with Crippen molar-refractivity contribution in [3.63, 3.8) is 0 Å². The van der Waals surface area contributed by atoms with Crippen LogP contribution in [0.2, 0.25) is 0 Å². The van der Waals surface area contributed by atoms with Crippen LogP contribution >= 0.6 is 0 Å². The highest BCUT2D eigenvalue weighted by atomic mass is 15.2. The molecule has 0 bridgehead atoms. The van der Waals surface area contributed by atoms with E-state index in [2.05, 4.69) is 24.1 Å². The summed E-state index contributed by atoms with van der Waals surface area (Å²) in [5, 5.41) is 3.49. The van der Waals surface area contributed by atoms with Gasteiger partial charge in [0.05, 0.1) is 0 Å². The normalized spacial score (nSPS) is 30.0. The van der Waals surface area contributed by atoms with Crippen molar-refractivity contribution in [2.75, 3.05) is 26.2 Å². The van der Waals surface area contributed by atoms with Crippen molar-refractivity contribution >= 4 is 0 Å². The number of rotatable bonds is 5. The molecular weight excluding hydrogens is 196 g/mol. The maximum atomic E-state index is 3.49. The number of nitrogens with zero attached hydrogens (tertiary/aromatic N) is 1. The molecule has 1 saturated heterocycles. The summed E-state index contributed by atoms with van der Waals surface area (Å²) in [5.74, 6) is 1.90. The van der Waals surface area contributed by atoms with E-state index in [1.165, 1.54) is 51.7 Å². The van der Waals surface area contributed by atoms with Crippen molar-refractivity contribution < 1.29 is 0 Å². The van der Waals surface area contributed by atoms with Crippen LogP contribution in [0, 0.1) is 11.8 Å². The van der Waals surface area contributed by atoms with E-state index >= 15 is 0 Å². The smallest absolute Gasteiger partial charge is 0.00953 e. The van der Waals surface area contributed by atoms with Gasteiger partial charge < -0.3 is 10.2 Å². The third kappa shape index (κ3) is 2.98. The van der Waals surface area contributed by atoms with Gasteiger partial charge in [-0.1, -0.05) is 19.8 Å². The zero-order valence-corrected chi connectivity index (χ0v) is 11.0. The van der Waals surface area contributed by atoms with E-state index in [9.17, 15) is 0 Å². The molecule has 2 aliphatic rings. The van der Waals surface area contributed by atoms with Crippen LogP contribution in [0.1, 0.15) is 46.0 Å². The van der Waals surface area contributed by atoms with E-state index in [1.807, 2.05) is 0 Å². The largest absolute Gasteiger partial charge is 0.317 e. The Bertz CT molecular complexity index is 199. The summed E-state index contributed by atoms with van der Waals surface area (Å²) in [6.07, 6.45) is 7.32. The minimum atomic E-state index is 0.842. The van der Waals surface area contributed by atoms with Crippen molar-refractivity contribution in [2.24, 2.45) is 11.8 Å². The lowest BCUT2D eigenvalue weighted by molar-refractivity contribution is 0.184. The van der Waals surface area contributed by atoms with Crippen LogP contribution in [0.5, 0.6) is 0 Å². The second-order valence-corrected chi connectivity index (χ2v) is 5.74. The van der Waals surface area contributed by atoms with Gasteiger partial charge in [0.1, 0.15) is 0 Å². The Kier molecular flexibility index (Phi) is 4.66. The molecule has 1 aliphatic carbocycles. The molecule has 94 valence electrons. The van der Waals surface area contributed by atoms with Crippen LogP contribution in [0.3, 0.4) is 0 Å². The first-order valence-corrected chi connectivity index (χ1v) is 7.26. The Hall–Kier alpha value is -0.0800. The maximum absolute atomic E-state index is 3.49. The molecule has 2 fully saturated rings. The predicted molar refractivity (Wildman–Crippen MR) is 69.6 cm³/mol. The van der Waals surface area contributed by atoms with Gasteiger partial charge in [0.15, 0.2) is 0 Å². The van der Waals surface area contributed by atoms with Gasteiger partial charge in [-0.25, -0.2) is 0 Å². The first-order chi connectivity index (χ1) is 7.81. The molecule has 1 N–H and O–H groups in total. The van der Waals surface area contributed by atoms with Gasteiger partial charge in [0.25, 0.3) is 0 Å². The summed E-state index contributed by atoms with van der Waals surface area (Å²) >= 11 is 0. The van der Waals surface area contributed by atoms with Gasteiger partial charge >= 0.3 is 0 Å². The minimum absolute atomic E-state index is 0.842. The molecule has 0 amide bonds. The van der Waals surface area contributed by atoms with Gasteiger partial charge in [-0.2, -0.15) is 0 Å². The minimum Gasteiger partial charge on any atom is -0.317 e. The molecule has 0 radical (unpaired) electrons. The van der Waals surface area contributed by atoms with Gasteiger partial charge in [-0.05, 0) is 57.7 Å². The van der Waals surface area contributed by atoms with Crippen LogP contribution in [-0.2, 0) is 0 Å². The lowest BCUT2D eigenvalue weighted by atomic mass is 9.98. The first-order valence-electron chi connectivity index (χ1n) is 7.26. The van der Waals surface area contributed by atoms with Gasteiger partial charge in [-0.3, -0.25) is 0 Å². The van der Waals surface area contributed by atoms with Gasteiger partial charge in [0.2, 0.25) is 0 Å². The van der Waals surface area contributed by atoms with Gasteiger partial charge in [0, 0.05) is 12.6 Å². The number of hydrogen-bond donors (Lipinski definition) is 1. The Morgan fingerprint density at radius 3 is 2.69 bits per heavy atom. The SMILES string of the molecule is CCNCC1CCN(C(C)C2CCCC2)C1. The Morgan fingerprint density at radius 1 is 1.25 bits per heavy atom.